The van der Waals surface area contributed by atoms with Crippen LogP contribution >= 0.6 is 0 Å². The molecular weight excluding hydrogens is 298 g/mol. The van der Waals surface area contributed by atoms with Crippen molar-refractivity contribution in [3.05, 3.63) is 23.7 Å². The first-order chi connectivity index (χ1) is 10.9. The quantitative estimate of drug-likeness (QED) is 0.420. The third-order valence-corrected chi connectivity index (χ3v) is 5.02. The summed E-state index contributed by atoms with van der Waals surface area (Å²) in [6.07, 6.45) is 3.61. The van der Waals surface area contributed by atoms with Gasteiger partial charge in [0.1, 0.15) is 11.3 Å². The van der Waals surface area contributed by atoms with Crippen LogP contribution in [0, 0.1) is 6.92 Å². The number of hydrogen-bond donors (Lipinski definition) is 3. The molecule has 1 fully saturated rings. The van der Waals surface area contributed by atoms with Crippen LogP contribution in [0.2, 0.25) is 0 Å². The van der Waals surface area contributed by atoms with E-state index in [9.17, 15) is 15.6 Å². The fourth-order valence-electron chi connectivity index (χ4n) is 3.84. The molecule has 1 aromatic heterocycles. The van der Waals surface area contributed by atoms with Crippen LogP contribution in [0.5, 0.6) is 0 Å². The highest BCUT2D eigenvalue weighted by Gasteiger charge is 2.69. The topological polar surface area (TPSA) is 92.4 Å². The molecule has 0 radical (unpaired) electrons. The molecule has 1 aromatic rings. The molecule has 2 heterocycles. The van der Waals surface area contributed by atoms with Crippen LogP contribution in [0.4, 0.5) is 0 Å². The summed E-state index contributed by atoms with van der Waals surface area (Å²) in [6, 6.07) is 3.59. The van der Waals surface area contributed by atoms with Gasteiger partial charge >= 0.3 is 5.66 Å². The molecule has 1 saturated carbocycles. The van der Waals surface area contributed by atoms with Gasteiger partial charge in [0, 0.05) is 11.2 Å². The van der Waals surface area contributed by atoms with Crippen LogP contribution in [-0.4, -0.2) is 48.0 Å². The zero-order valence-corrected chi connectivity index (χ0v) is 13.8. The highest BCUT2D eigenvalue weighted by atomic mass is 16.6. The first-order valence-electron chi connectivity index (χ1n) is 7.99. The molecular formula is C16H24N3O4+. The maximum atomic E-state index is 11.0. The van der Waals surface area contributed by atoms with Crippen molar-refractivity contribution in [1.82, 2.24) is 5.06 Å². The molecule has 1 atom stereocenters. The van der Waals surface area contributed by atoms with Crippen LogP contribution in [0.1, 0.15) is 57.5 Å². The molecule has 1 aliphatic heterocycles. The lowest BCUT2D eigenvalue weighted by Gasteiger charge is -2.32. The molecule has 7 nitrogen and oxygen atoms in total. The Morgan fingerprint density at radius 2 is 2.00 bits per heavy atom. The lowest BCUT2D eigenvalue weighted by molar-refractivity contribution is -0.827. The SMILES string of the molecule is Cc1ccc(C2=[N+](O)C3(CCCCCC3=NO)N(O)C2(C)C)o1. The van der Waals surface area contributed by atoms with Crippen LogP contribution in [0.15, 0.2) is 21.7 Å². The van der Waals surface area contributed by atoms with Crippen molar-refractivity contribution in [3.63, 3.8) is 0 Å². The van der Waals surface area contributed by atoms with E-state index in [1.807, 2.05) is 13.0 Å². The summed E-state index contributed by atoms with van der Waals surface area (Å²) in [5.41, 5.74) is -1.34. The van der Waals surface area contributed by atoms with Gasteiger partial charge in [-0.1, -0.05) is 11.6 Å². The molecule has 0 bridgehead atoms. The summed E-state index contributed by atoms with van der Waals surface area (Å²) in [5, 5.41) is 36.0. The highest BCUT2D eigenvalue weighted by molar-refractivity contribution is 6.05. The fourth-order valence-corrected chi connectivity index (χ4v) is 3.84. The summed E-state index contributed by atoms with van der Waals surface area (Å²) in [6.45, 7) is 5.43. The third-order valence-electron chi connectivity index (χ3n) is 5.02. The minimum absolute atomic E-state index is 0.367. The number of hydrogen-bond acceptors (Lipinski definition) is 6. The van der Waals surface area contributed by atoms with Crippen molar-refractivity contribution in [3.8, 4) is 0 Å². The number of hydroxylamine groups is 3. The summed E-state index contributed by atoms with van der Waals surface area (Å²) >= 11 is 0. The zero-order chi connectivity index (χ0) is 16.8. The van der Waals surface area contributed by atoms with E-state index >= 15 is 0 Å². The van der Waals surface area contributed by atoms with Gasteiger partial charge < -0.3 is 14.8 Å². The molecule has 1 unspecified atom stereocenters. The Hall–Kier alpha value is -1.86. The van der Waals surface area contributed by atoms with Gasteiger partial charge in [0.25, 0.3) is 5.71 Å². The summed E-state index contributed by atoms with van der Waals surface area (Å²) in [5.74, 6) is 1.21. The fraction of sp³-hybridized carbons (Fsp3) is 0.625. The van der Waals surface area contributed by atoms with Crippen LogP contribution in [-0.2, 0) is 0 Å². The predicted molar refractivity (Wildman–Crippen MR) is 82.3 cm³/mol. The van der Waals surface area contributed by atoms with Crippen LogP contribution < -0.4 is 0 Å². The minimum atomic E-state index is -1.26. The second-order valence-electron chi connectivity index (χ2n) is 6.87. The molecule has 3 N–H and O–H groups in total. The number of aryl methyl sites for hydroxylation is 1. The monoisotopic (exact) mass is 322 g/mol. The average molecular weight is 322 g/mol. The van der Waals surface area contributed by atoms with Crippen LogP contribution in [0.3, 0.4) is 0 Å². The second kappa shape index (κ2) is 5.35. The lowest BCUT2D eigenvalue weighted by Crippen LogP contribution is -2.59. The smallest absolute Gasteiger partial charge is 0.331 e. The van der Waals surface area contributed by atoms with E-state index < -0.39 is 11.2 Å². The molecule has 23 heavy (non-hydrogen) atoms. The van der Waals surface area contributed by atoms with Gasteiger partial charge in [-0.3, -0.25) is 5.21 Å². The summed E-state index contributed by atoms with van der Waals surface area (Å²) < 4.78 is 6.71. The van der Waals surface area contributed by atoms with Gasteiger partial charge in [-0.25, -0.2) is 0 Å². The van der Waals surface area contributed by atoms with Crippen molar-refractivity contribution < 1.29 is 24.8 Å². The Balaban J connectivity index is 2.23. The van der Waals surface area contributed by atoms with E-state index in [-0.39, 0.29) is 0 Å². The molecule has 1 spiro atoms. The largest absolute Gasteiger partial charge is 0.455 e. The van der Waals surface area contributed by atoms with Crippen molar-refractivity contribution in [1.29, 1.82) is 0 Å². The molecule has 126 valence electrons. The van der Waals surface area contributed by atoms with E-state index in [0.29, 0.717) is 30.0 Å². The normalized spacial score (nSPS) is 30.3. The number of oxime groups is 1. The maximum absolute atomic E-state index is 11.0. The van der Waals surface area contributed by atoms with Crippen molar-refractivity contribution in [2.24, 2.45) is 5.16 Å². The second-order valence-corrected chi connectivity index (χ2v) is 6.87. The Morgan fingerprint density at radius 3 is 2.61 bits per heavy atom. The van der Waals surface area contributed by atoms with Crippen molar-refractivity contribution >= 4 is 11.4 Å². The van der Waals surface area contributed by atoms with Gasteiger partial charge in [-0.15, -0.1) is 5.06 Å². The summed E-state index contributed by atoms with van der Waals surface area (Å²) in [4.78, 5) is 0. The van der Waals surface area contributed by atoms with Gasteiger partial charge in [-0.2, -0.15) is 0 Å². The standard InChI is InChI=1S/C16H23N3O4/c1-11-8-9-12(23-11)14-15(2,3)19(22)16(18(14)21)10-6-4-5-7-13(16)17-20/h8-9,22H,4-7,10H2,1-3H3,(H-,20,21)/p+1. The van der Waals surface area contributed by atoms with E-state index in [0.717, 1.165) is 34.8 Å². The summed E-state index contributed by atoms with van der Waals surface area (Å²) in [7, 11) is 0. The van der Waals surface area contributed by atoms with Gasteiger partial charge in [0.15, 0.2) is 11.5 Å². The Bertz CT molecular complexity index is 677. The highest BCUT2D eigenvalue weighted by Crippen LogP contribution is 2.41. The number of furan rings is 1. The van der Waals surface area contributed by atoms with E-state index in [2.05, 4.69) is 5.16 Å². The average Bonchev–Trinajstić information content (AvgIpc) is 2.87. The van der Waals surface area contributed by atoms with Crippen molar-refractivity contribution in [2.45, 2.75) is 64.1 Å². The molecule has 0 aromatic carbocycles. The third kappa shape index (κ3) is 2.10. The Labute approximate surface area is 135 Å². The van der Waals surface area contributed by atoms with Gasteiger partial charge in [0.05, 0.1) is 0 Å². The predicted octanol–water partition coefficient (Wildman–Crippen LogP) is 2.75. The van der Waals surface area contributed by atoms with Crippen LogP contribution in [0.25, 0.3) is 0 Å². The van der Waals surface area contributed by atoms with Gasteiger partial charge in [-0.05, 0) is 52.2 Å². The molecule has 7 heteroatoms. The molecule has 3 rings (SSSR count). The zero-order valence-electron chi connectivity index (χ0n) is 13.8. The molecule has 2 aliphatic rings. The van der Waals surface area contributed by atoms with Gasteiger partial charge in [0.2, 0.25) is 0 Å². The van der Waals surface area contributed by atoms with E-state index in [1.54, 1.807) is 19.9 Å². The first kappa shape index (κ1) is 16.0. The molecule has 0 saturated heterocycles. The number of rotatable bonds is 1. The first-order valence-corrected chi connectivity index (χ1v) is 7.99. The lowest BCUT2D eigenvalue weighted by atomic mass is 9.94. The van der Waals surface area contributed by atoms with E-state index in [4.69, 9.17) is 4.42 Å². The maximum Gasteiger partial charge on any atom is 0.331 e. The Kier molecular flexibility index (Phi) is 3.72. The van der Waals surface area contributed by atoms with E-state index in [1.165, 1.54) is 0 Å². The number of nitrogens with zero attached hydrogens (tertiary/aromatic N) is 3. The molecule has 0 amide bonds. The minimum Gasteiger partial charge on any atom is -0.455 e. The van der Waals surface area contributed by atoms with Crippen molar-refractivity contribution in [2.75, 3.05) is 0 Å². The molecule has 1 aliphatic carbocycles. The Morgan fingerprint density at radius 1 is 1.26 bits per heavy atom.